The van der Waals surface area contributed by atoms with E-state index < -0.39 is 0 Å². The molecular formula is C18H31N3. The Hall–Kier alpha value is -0.900. The predicted octanol–water partition coefficient (Wildman–Crippen LogP) is 2.71. The van der Waals surface area contributed by atoms with Crippen LogP contribution in [0.1, 0.15) is 37.8 Å². The molecule has 1 fully saturated rings. The number of nitrogens with zero attached hydrogens (tertiary/aromatic N) is 2. The molecule has 118 valence electrons. The highest BCUT2D eigenvalue weighted by atomic mass is 15.3. The van der Waals surface area contributed by atoms with E-state index in [4.69, 9.17) is 0 Å². The van der Waals surface area contributed by atoms with Crippen molar-refractivity contribution in [2.45, 2.75) is 39.8 Å². The van der Waals surface area contributed by atoms with E-state index in [9.17, 15) is 0 Å². The van der Waals surface area contributed by atoms with E-state index >= 15 is 0 Å². The number of rotatable bonds is 8. The molecule has 0 amide bonds. The molecule has 1 aromatic rings. The highest BCUT2D eigenvalue weighted by Gasteiger charge is 2.15. The zero-order chi connectivity index (χ0) is 14.9. The fourth-order valence-corrected chi connectivity index (χ4v) is 2.82. The minimum atomic E-state index is 0.995. The number of hydrogen-bond donors (Lipinski definition) is 1. The highest BCUT2D eigenvalue weighted by molar-refractivity contribution is 5.22. The summed E-state index contributed by atoms with van der Waals surface area (Å²) in [4.78, 5) is 5.10. The van der Waals surface area contributed by atoms with Gasteiger partial charge in [-0.15, -0.1) is 0 Å². The molecule has 0 bridgehead atoms. The fourth-order valence-electron chi connectivity index (χ4n) is 2.82. The molecule has 0 radical (unpaired) electrons. The number of hydrogen-bond acceptors (Lipinski definition) is 3. The number of nitrogens with one attached hydrogen (secondary N) is 1. The minimum absolute atomic E-state index is 0.995. The summed E-state index contributed by atoms with van der Waals surface area (Å²) in [7, 11) is 0. The van der Waals surface area contributed by atoms with Crippen LogP contribution in [-0.2, 0) is 13.1 Å². The van der Waals surface area contributed by atoms with Gasteiger partial charge in [-0.2, -0.15) is 0 Å². The van der Waals surface area contributed by atoms with Crippen molar-refractivity contribution < 1.29 is 0 Å². The molecule has 0 aromatic heterocycles. The van der Waals surface area contributed by atoms with Gasteiger partial charge in [-0.05, 0) is 30.6 Å². The van der Waals surface area contributed by atoms with Crippen molar-refractivity contribution >= 4 is 0 Å². The average molecular weight is 289 g/mol. The monoisotopic (exact) mass is 289 g/mol. The molecule has 0 atom stereocenters. The van der Waals surface area contributed by atoms with E-state index in [0.29, 0.717) is 0 Å². The Bertz CT molecular complexity index is 380. The van der Waals surface area contributed by atoms with Gasteiger partial charge >= 0.3 is 0 Å². The lowest BCUT2D eigenvalue weighted by molar-refractivity contribution is 0.132. The minimum Gasteiger partial charge on any atom is -0.313 e. The molecule has 1 saturated heterocycles. The van der Waals surface area contributed by atoms with Crippen LogP contribution in [0.2, 0.25) is 0 Å². The van der Waals surface area contributed by atoms with Crippen LogP contribution in [0.15, 0.2) is 24.3 Å². The van der Waals surface area contributed by atoms with E-state index in [1.807, 2.05) is 0 Å². The number of piperazine rings is 1. The van der Waals surface area contributed by atoms with Crippen LogP contribution in [-0.4, -0.2) is 49.1 Å². The normalized spacial score (nSPS) is 17.2. The van der Waals surface area contributed by atoms with Crippen LogP contribution < -0.4 is 5.32 Å². The van der Waals surface area contributed by atoms with Gasteiger partial charge in [0.25, 0.3) is 0 Å². The van der Waals surface area contributed by atoms with Crippen LogP contribution in [0.4, 0.5) is 0 Å². The molecule has 0 spiro atoms. The third-order valence-corrected chi connectivity index (χ3v) is 4.38. The van der Waals surface area contributed by atoms with Crippen LogP contribution in [0.25, 0.3) is 0 Å². The molecule has 3 heteroatoms. The summed E-state index contributed by atoms with van der Waals surface area (Å²) in [5, 5.41) is 3.50. The van der Waals surface area contributed by atoms with Crippen molar-refractivity contribution in [1.29, 1.82) is 0 Å². The topological polar surface area (TPSA) is 18.5 Å². The summed E-state index contributed by atoms with van der Waals surface area (Å²) in [6.45, 7) is 13.7. The van der Waals surface area contributed by atoms with Crippen molar-refractivity contribution in [1.82, 2.24) is 15.1 Å². The smallest absolute Gasteiger partial charge is 0.0234 e. The SMILES string of the molecule is CCCCNCc1ccc(CN2CCN(CC)CC2)cc1. The average Bonchev–Trinajstić information content (AvgIpc) is 2.54. The van der Waals surface area contributed by atoms with E-state index in [1.54, 1.807) is 0 Å². The van der Waals surface area contributed by atoms with Gasteiger partial charge in [-0.25, -0.2) is 0 Å². The first-order chi connectivity index (χ1) is 10.3. The van der Waals surface area contributed by atoms with Crippen molar-refractivity contribution in [2.75, 3.05) is 39.3 Å². The summed E-state index contributed by atoms with van der Waals surface area (Å²) in [6, 6.07) is 9.14. The predicted molar refractivity (Wildman–Crippen MR) is 90.4 cm³/mol. The zero-order valence-corrected chi connectivity index (χ0v) is 13.8. The number of likely N-dealkylation sites (N-methyl/N-ethyl adjacent to an activating group) is 1. The Morgan fingerprint density at radius 2 is 1.52 bits per heavy atom. The molecule has 2 rings (SSSR count). The molecule has 1 aromatic carbocycles. The van der Waals surface area contributed by atoms with Gasteiger partial charge in [-0.3, -0.25) is 4.90 Å². The highest BCUT2D eigenvalue weighted by Crippen LogP contribution is 2.10. The summed E-state index contributed by atoms with van der Waals surface area (Å²) in [5.74, 6) is 0. The second-order valence-corrected chi connectivity index (χ2v) is 6.06. The van der Waals surface area contributed by atoms with E-state index in [0.717, 1.165) is 19.6 Å². The Balaban J connectivity index is 1.72. The van der Waals surface area contributed by atoms with Gasteiger partial charge in [0.15, 0.2) is 0 Å². The second kappa shape index (κ2) is 9.19. The zero-order valence-electron chi connectivity index (χ0n) is 13.8. The first-order valence-corrected chi connectivity index (χ1v) is 8.55. The van der Waals surface area contributed by atoms with Crippen molar-refractivity contribution in [3.63, 3.8) is 0 Å². The van der Waals surface area contributed by atoms with Gasteiger partial charge < -0.3 is 10.2 Å². The van der Waals surface area contributed by atoms with E-state index in [1.165, 1.54) is 56.7 Å². The third-order valence-electron chi connectivity index (χ3n) is 4.38. The largest absolute Gasteiger partial charge is 0.313 e. The molecule has 1 heterocycles. The lowest BCUT2D eigenvalue weighted by atomic mass is 10.1. The lowest BCUT2D eigenvalue weighted by Crippen LogP contribution is -2.45. The lowest BCUT2D eigenvalue weighted by Gasteiger charge is -2.34. The quantitative estimate of drug-likeness (QED) is 0.742. The maximum Gasteiger partial charge on any atom is 0.0234 e. The van der Waals surface area contributed by atoms with Crippen molar-refractivity contribution in [2.24, 2.45) is 0 Å². The molecule has 0 saturated carbocycles. The van der Waals surface area contributed by atoms with E-state index in [2.05, 4.69) is 53.2 Å². The Kier molecular flexibility index (Phi) is 7.20. The summed E-state index contributed by atoms with van der Waals surface area (Å²) in [6.07, 6.45) is 2.53. The van der Waals surface area contributed by atoms with Crippen molar-refractivity contribution in [3.05, 3.63) is 35.4 Å². The third kappa shape index (κ3) is 5.77. The van der Waals surface area contributed by atoms with Crippen LogP contribution >= 0.6 is 0 Å². The molecule has 1 aliphatic rings. The summed E-state index contributed by atoms with van der Waals surface area (Å²) < 4.78 is 0. The second-order valence-electron chi connectivity index (χ2n) is 6.06. The summed E-state index contributed by atoms with van der Waals surface area (Å²) >= 11 is 0. The molecule has 0 unspecified atom stereocenters. The molecule has 1 aliphatic heterocycles. The van der Waals surface area contributed by atoms with E-state index in [-0.39, 0.29) is 0 Å². The van der Waals surface area contributed by atoms with Gasteiger partial charge in [0.05, 0.1) is 0 Å². The summed E-state index contributed by atoms with van der Waals surface area (Å²) in [5.41, 5.74) is 2.84. The molecular weight excluding hydrogens is 258 g/mol. The van der Waals surface area contributed by atoms with Gasteiger partial charge in [0.2, 0.25) is 0 Å². The first-order valence-electron chi connectivity index (χ1n) is 8.55. The van der Waals surface area contributed by atoms with Crippen LogP contribution in [0, 0.1) is 0 Å². The Labute approximate surface area is 130 Å². The Morgan fingerprint density at radius 3 is 2.14 bits per heavy atom. The number of unbranched alkanes of at least 4 members (excludes halogenated alkanes) is 1. The number of benzene rings is 1. The fraction of sp³-hybridized carbons (Fsp3) is 0.667. The maximum atomic E-state index is 3.50. The molecule has 0 aliphatic carbocycles. The van der Waals surface area contributed by atoms with Gasteiger partial charge in [-0.1, -0.05) is 44.5 Å². The molecule has 21 heavy (non-hydrogen) atoms. The van der Waals surface area contributed by atoms with Crippen LogP contribution in [0.3, 0.4) is 0 Å². The maximum absolute atomic E-state index is 3.50. The first kappa shape index (κ1) is 16.5. The standard InChI is InChI=1S/C18H31N3/c1-3-5-10-19-15-17-6-8-18(9-7-17)16-21-13-11-20(4-2)12-14-21/h6-9,19H,3-5,10-16H2,1-2H3. The molecule has 3 nitrogen and oxygen atoms in total. The van der Waals surface area contributed by atoms with Gasteiger partial charge in [0.1, 0.15) is 0 Å². The van der Waals surface area contributed by atoms with Crippen LogP contribution in [0.5, 0.6) is 0 Å². The molecule has 1 N–H and O–H groups in total. The Morgan fingerprint density at radius 1 is 0.905 bits per heavy atom. The van der Waals surface area contributed by atoms with Gasteiger partial charge in [0, 0.05) is 39.3 Å². The van der Waals surface area contributed by atoms with Crippen molar-refractivity contribution in [3.8, 4) is 0 Å².